The van der Waals surface area contributed by atoms with Gasteiger partial charge in [0.15, 0.2) is 0 Å². The summed E-state index contributed by atoms with van der Waals surface area (Å²) in [5, 5.41) is 20.4. The van der Waals surface area contributed by atoms with E-state index in [9.17, 15) is 19.6 Å². The first kappa shape index (κ1) is 20.5. The summed E-state index contributed by atoms with van der Waals surface area (Å²) in [6.07, 6.45) is 5.83. The smallest absolute Gasteiger partial charge is 0.325 e. The number of fused-ring (bicyclic) bond motifs is 2. The first-order valence-electron chi connectivity index (χ1n) is 11.0. The first-order valence-corrected chi connectivity index (χ1v) is 11.0. The number of aromatic nitrogens is 2. The fourth-order valence-corrected chi connectivity index (χ4v) is 4.97. The van der Waals surface area contributed by atoms with Gasteiger partial charge < -0.3 is 15.0 Å². The summed E-state index contributed by atoms with van der Waals surface area (Å²) in [6.45, 7) is 2.21. The molecule has 3 heterocycles. The fraction of sp³-hybridized carbons (Fsp3) is 0.375. The monoisotopic (exact) mass is 433 g/mol. The van der Waals surface area contributed by atoms with Crippen LogP contribution in [0.1, 0.15) is 41.3 Å². The molecule has 1 aromatic carbocycles. The molecule has 0 saturated carbocycles. The zero-order chi connectivity index (χ0) is 22.2. The number of hydrogen-bond acceptors (Lipinski definition) is 5. The topological polar surface area (TPSA) is 96.2 Å². The number of aliphatic carboxylic acids is 1. The van der Waals surface area contributed by atoms with Crippen LogP contribution < -0.4 is 4.90 Å². The Hall–Kier alpha value is -3.44. The molecule has 1 atom stereocenters. The second-order valence-electron chi connectivity index (χ2n) is 8.48. The molecule has 2 N–H and O–H groups in total. The lowest BCUT2D eigenvalue weighted by Crippen LogP contribution is -2.49. The molecule has 1 aliphatic carbocycles. The van der Waals surface area contributed by atoms with Gasteiger partial charge in [-0.15, -0.1) is 0 Å². The Kier molecular flexibility index (Phi) is 5.27. The summed E-state index contributed by atoms with van der Waals surface area (Å²) < 4.78 is 13.6. The normalized spacial score (nSPS) is 17.7. The van der Waals surface area contributed by atoms with Crippen LogP contribution in [0.2, 0.25) is 0 Å². The lowest BCUT2D eigenvalue weighted by molar-refractivity contribution is -0.143. The van der Waals surface area contributed by atoms with Crippen molar-refractivity contribution in [2.24, 2.45) is 0 Å². The SMILES string of the molecule is N#Cc1cc2c(nc1N1CCN(C(C(=O)O)c3c[nH]c4cc(F)ccc34)CC1)CCCC2. The maximum Gasteiger partial charge on any atom is 0.325 e. The quantitative estimate of drug-likeness (QED) is 0.655. The van der Waals surface area contributed by atoms with E-state index in [-0.39, 0.29) is 5.82 Å². The summed E-state index contributed by atoms with van der Waals surface area (Å²) in [7, 11) is 0. The van der Waals surface area contributed by atoms with Gasteiger partial charge in [0, 0.05) is 54.5 Å². The van der Waals surface area contributed by atoms with Crippen LogP contribution in [0.5, 0.6) is 0 Å². The van der Waals surface area contributed by atoms with Crippen molar-refractivity contribution in [3.63, 3.8) is 0 Å². The zero-order valence-electron chi connectivity index (χ0n) is 17.6. The number of rotatable bonds is 4. The molecule has 1 saturated heterocycles. The molecule has 7 nitrogen and oxygen atoms in total. The Morgan fingerprint density at radius 3 is 2.72 bits per heavy atom. The van der Waals surface area contributed by atoms with E-state index in [0.717, 1.165) is 31.4 Å². The third-order valence-electron chi connectivity index (χ3n) is 6.58. The zero-order valence-corrected chi connectivity index (χ0v) is 17.6. The standard InChI is InChI=1S/C24H24FN5O2/c25-17-5-6-18-19(14-27-21(18)12-17)22(24(31)32)29-7-9-30(10-8-29)23-16(13-26)11-15-3-1-2-4-20(15)28-23/h5-6,11-12,14,22,27H,1-4,7-10H2,(H,31,32). The van der Waals surface area contributed by atoms with E-state index in [0.29, 0.717) is 54.0 Å². The van der Waals surface area contributed by atoms with Gasteiger partial charge in [-0.2, -0.15) is 5.26 Å². The van der Waals surface area contributed by atoms with Crippen molar-refractivity contribution in [1.29, 1.82) is 5.26 Å². The molecule has 0 spiro atoms. The van der Waals surface area contributed by atoms with E-state index in [1.54, 1.807) is 12.3 Å². The molecule has 5 rings (SSSR count). The van der Waals surface area contributed by atoms with E-state index in [1.807, 2.05) is 11.0 Å². The van der Waals surface area contributed by atoms with Gasteiger partial charge >= 0.3 is 5.97 Å². The molecule has 2 aromatic heterocycles. The van der Waals surface area contributed by atoms with E-state index in [4.69, 9.17) is 4.98 Å². The highest BCUT2D eigenvalue weighted by atomic mass is 19.1. The molecular weight excluding hydrogens is 409 g/mol. The predicted molar refractivity (Wildman–Crippen MR) is 118 cm³/mol. The van der Waals surface area contributed by atoms with Gasteiger partial charge in [0.25, 0.3) is 0 Å². The number of halogens is 1. The van der Waals surface area contributed by atoms with E-state index in [1.165, 1.54) is 17.7 Å². The number of piperazine rings is 1. The van der Waals surface area contributed by atoms with Crippen LogP contribution >= 0.6 is 0 Å². The van der Waals surface area contributed by atoms with Crippen LogP contribution in [0.25, 0.3) is 10.9 Å². The number of pyridine rings is 1. The summed E-state index contributed by atoms with van der Waals surface area (Å²) in [5.74, 6) is -0.590. The van der Waals surface area contributed by atoms with Crippen LogP contribution in [0.15, 0.2) is 30.5 Å². The summed E-state index contributed by atoms with van der Waals surface area (Å²) >= 11 is 0. The van der Waals surface area contributed by atoms with Crippen LogP contribution in [-0.4, -0.2) is 52.1 Å². The number of anilines is 1. The molecular formula is C24H24FN5O2. The van der Waals surface area contributed by atoms with Gasteiger partial charge in [0.05, 0.1) is 5.56 Å². The average molecular weight is 433 g/mol. The first-order chi connectivity index (χ1) is 15.5. The van der Waals surface area contributed by atoms with Crippen molar-refractivity contribution in [2.75, 3.05) is 31.1 Å². The molecule has 8 heteroatoms. The Balaban J connectivity index is 1.38. The number of nitrogens with one attached hydrogen (secondary N) is 1. The number of H-pyrrole nitrogens is 1. The predicted octanol–water partition coefficient (Wildman–Crippen LogP) is 3.40. The van der Waals surface area contributed by atoms with E-state index >= 15 is 0 Å². The molecule has 164 valence electrons. The second kappa shape index (κ2) is 8.24. The number of nitrogens with zero attached hydrogens (tertiary/aromatic N) is 4. The molecule has 0 amide bonds. The number of benzene rings is 1. The van der Waals surface area contributed by atoms with Gasteiger partial charge in [-0.05, 0) is 55.5 Å². The largest absolute Gasteiger partial charge is 0.480 e. The van der Waals surface area contributed by atoms with Crippen molar-refractivity contribution in [2.45, 2.75) is 31.7 Å². The minimum absolute atomic E-state index is 0.364. The van der Waals surface area contributed by atoms with Gasteiger partial charge in [-0.25, -0.2) is 9.37 Å². The van der Waals surface area contributed by atoms with Gasteiger partial charge in [-0.3, -0.25) is 9.69 Å². The number of carboxylic acids is 1. The minimum atomic E-state index is -0.937. The van der Waals surface area contributed by atoms with Crippen molar-refractivity contribution in [3.8, 4) is 6.07 Å². The number of carbonyl (C=O) groups is 1. The van der Waals surface area contributed by atoms with Crippen LogP contribution in [0.4, 0.5) is 10.2 Å². The maximum absolute atomic E-state index is 13.6. The summed E-state index contributed by atoms with van der Waals surface area (Å²) in [6, 6.07) is 7.79. The number of carboxylic acid groups (broad SMARTS) is 1. The highest BCUT2D eigenvalue weighted by Gasteiger charge is 2.33. The number of nitriles is 1. The van der Waals surface area contributed by atoms with Gasteiger partial charge in [0.2, 0.25) is 0 Å². The lowest BCUT2D eigenvalue weighted by Gasteiger charge is -2.38. The molecule has 1 unspecified atom stereocenters. The number of hydrogen-bond donors (Lipinski definition) is 2. The van der Waals surface area contributed by atoms with E-state index < -0.39 is 12.0 Å². The molecule has 0 radical (unpaired) electrons. The highest BCUT2D eigenvalue weighted by Crippen LogP contribution is 2.32. The molecule has 3 aromatic rings. The summed E-state index contributed by atoms with van der Waals surface area (Å²) in [4.78, 5) is 24.1. The molecule has 0 bridgehead atoms. The third kappa shape index (κ3) is 3.59. The van der Waals surface area contributed by atoms with Crippen molar-refractivity contribution >= 4 is 22.7 Å². The van der Waals surface area contributed by atoms with Gasteiger partial charge in [0.1, 0.15) is 23.7 Å². The fourth-order valence-electron chi connectivity index (χ4n) is 4.97. The van der Waals surface area contributed by atoms with Crippen molar-refractivity contribution < 1.29 is 14.3 Å². The van der Waals surface area contributed by atoms with E-state index in [2.05, 4.69) is 16.0 Å². The Morgan fingerprint density at radius 1 is 1.19 bits per heavy atom. The van der Waals surface area contributed by atoms with Crippen LogP contribution in [0.3, 0.4) is 0 Å². The third-order valence-corrected chi connectivity index (χ3v) is 6.58. The minimum Gasteiger partial charge on any atom is -0.480 e. The number of aromatic amines is 1. The molecule has 1 fully saturated rings. The molecule has 32 heavy (non-hydrogen) atoms. The molecule has 2 aliphatic rings. The average Bonchev–Trinajstić information content (AvgIpc) is 3.21. The highest BCUT2D eigenvalue weighted by molar-refractivity contribution is 5.89. The second-order valence-corrected chi connectivity index (χ2v) is 8.48. The van der Waals surface area contributed by atoms with Crippen molar-refractivity contribution in [3.05, 3.63) is 58.7 Å². The maximum atomic E-state index is 13.6. The van der Waals surface area contributed by atoms with Gasteiger partial charge in [-0.1, -0.05) is 0 Å². The van der Waals surface area contributed by atoms with Crippen LogP contribution in [0, 0.1) is 17.1 Å². The van der Waals surface area contributed by atoms with Crippen molar-refractivity contribution in [1.82, 2.24) is 14.9 Å². The Labute approximate surface area is 185 Å². The lowest BCUT2D eigenvalue weighted by atomic mass is 9.94. The molecule has 1 aliphatic heterocycles. The van der Waals surface area contributed by atoms with Crippen LogP contribution in [-0.2, 0) is 17.6 Å². The Bertz CT molecular complexity index is 1220. The summed E-state index contributed by atoms with van der Waals surface area (Å²) in [5.41, 5.74) is 4.07. The Morgan fingerprint density at radius 2 is 1.97 bits per heavy atom. The number of aryl methyl sites for hydroxylation is 2.